The topological polar surface area (TPSA) is 86.3 Å². The normalized spacial score (nSPS) is 23.8. The molecule has 0 bridgehead atoms. The van der Waals surface area contributed by atoms with Crippen LogP contribution in [-0.2, 0) is 43.6 Å². The first-order chi connectivity index (χ1) is 17.6. The van der Waals surface area contributed by atoms with Gasteiger partial charge in [0.1, 0.15) is 24.4 Å². The Bertz CT molecular complexity index is 1050. The molecule has 7 heteroatoms. The molecule has 1 heterocycles. The van der Waals surface area contributed by atoms with Crippen LogP contribution in [-0.4, -0.2) is 48.3 Å². The van der Waals surface area contributed by atoms with Crippen LogP contribution in [0.1, 0.15) is 23.6 Å². The van der Waals surface area contributed by atoms with Crippen LogP contribution < -0.4 is 5.32 Å². The van der Waals surface area contributed by atoms with Gasteiger partial charge in [0.15, 0.2) is 6.29 Å². The summed E-state index contributed by atoms with van der Waals surface area (Å²) in [6.07, 6.45) is -3.37. The zero-order chi connectivity index (χ0) is 25.2. The molecular weight excluding hydrogens is 458 g/mol. The van der Waals surface area contributed by atoms with E-state index in [9.17, 15) is 9.90 Å². The van der Waals surface area contributed by atoms with Gasteiger partial charge in [-0.05, 0) is 16.7 Å². The predicted molar refractivity (Wildman–Crippen MR) is 135 cm³/mol. The number of hydrogen-bond donors (Lipinski definition) is 2. The Morgan fingerprint density at radius 1 is 0.806 bits per heavy atom. The van der Waals surface area contributed by atoms with Crippen molar-refractivity contribution in [2.24, 2.45) is 0 Å². The number of carbonyl (C=O) groups excluding carboxylic acids is 1. The van der Waals surface area contributed by atoms with Crippen LogP contribution in [0.15, 0.2) is 91.0 Å². The Balaban J connectivity index is 1.49. The van der Waals surface area contributed by atoms with Crippen LogP contribution in [0.3, 0.4) is 0 Å². The molecule has 1 aliphatic heterocycles. The lowest BCUT2D eigenvalue weighted by Crippen LogP contribution is -2.65. The van der Waals surface area contributed by atoms with Crippen molar-refractivity contribution in [3.63, 3.8) is 0 Å². The maximum absolute atomic E-state index is 12.1. The van der Waals surface area contributed by atoms with Crippen molar-refractivity contribution in [2.75, 3.05) is 6.61 Å². The summed E-state index contributed by atoms with van der Waals surface area (Å²) < 4.78 is 24.4. The molecule has 190 valence electrons. The third kappa shape index (κ3) is 7.46. The standard InChI is InChI=1S/C29H33NO6/c1-21(31)30-26-28(34-18-23-13-7-3-8-14-23)27(32)25(20-33-17-22-11-5-2-6-12-22)36-29(26)35-19-24-15-9-4-10-16-24/h2-16,25-29,32H,17-20H2,1H3,(H,30,31)/t25-,26-,27?,28-,29+/m1/s1. The smallest absolute Gasteiger partial charge is 0.217 e. The van der Waals surface area contributed by atoms with Crippen LogP contribution >= 0.6 is 0 Å². The highest BCUT2D eigenvalue weighted by Gasteiger charge is 2.47. The lowest BCUT2D eigenvalue weighted by molar-refractivity contribution is -0.284. The van der Waals surface area contributed by atoms with E-state index in [-0.39, 0.29) is 25.7 Å². The first kappa shape index (κ1) is 26.0. The lowest BCUT2D eigenvalue weighted by Gasteiger charge is -2.44. The van der Waals surface area contributed by atoms with Gasteiger partial charge in [-0.15, -0.1) is 0 Å². The number of ether oxygens (including phenoxy) is 4. The summed E-state index contributed by atoms with van der Waals surface area (Å²) in [5, 5.41) is 14.1. The molecule has 3 aromatic carbocycles. The van der Waals surface area contributed by atoms with Gasteiger partial charge >= 0.3 is 0 Å². The molecule has 1 fully saturated rings. The van der Waals surface area contributed by atoms with Crippen molar-refractivity contribution in [1.82, 2.24) is 5.32 Å². The Morgan fingerprint density at radius 2 is 1.31 bits per heavy atom. The summed E-state index contributed by atoms with van der Waals surface area (Å²) in [6.45, 7) is 2.49. The van der Waals surface area contributed by atoms with E-state index in [0.717, 1.165) is 16.7 Å². The first-order valence-corrected chi connectivity index (χ1v) is 12.1. The molecule has 1 unspecified atom stereocenters. The number of hydrogen-bond acceptors (Lipinski definition) is 6. The fourth-order valence-electron chi connectivity index (χ4n) is 4.17. The number of aliphatic hydroxyl groups is 1. The monoisotopic (exact) mass is 491 g/mol. The number of aliphatic hydroxyl groups excluding tert-OH is 1. The van der Waals surface area contributed by atoms with Gasteiger partial charge in [-0.3, -0.25) is 4.79 Å². The van der Waals surface area contributed by atoms with E-state index in [1.54, 1.807) is 0 Å². The van der Waals surface area contributed by atoms with Crippen LogP contribution in [0.4, 0.5) is 0 Å². The Morgan fingerprint density at radius 3 is 1.83 bits per heavy atom. The number of nitrogens with one attached hydrogen (secondary N) is 1. The van der Waals surface area contributed by atoms with Gasteiger partial charge in [-0.25, -0.2) is 0 Å². The van der Waals surface area contributed by atoms with E-state index in [1.807, 2.05) is 91.0 Å². The van der Waals surface area contributed by atoms with Crippen LogP contribution in [0, 0.1) is 0 Å². The van der Waals surface area contributed by atoms with Gasteiger partial charge < -0.3 is 29.4 Å². The Hall–Kier alpha value is -3.07. The molecule has 4 rings (SSSR count). The minimum absolute atomic E-state index is 0.138. The molecule has 2 N–H and O–H groups in total. The van der Waals surface area contributed by atoms with Gasteiger partial charge in [0.2, 0.25) is 5.91 Å². The first-order valence-electron chi connectivity index (χ1n) is 12.1. The number of carbonyl (C=O) groups is 1. The molecule has 5 atom stereocenters. The summed E-state index contributed by atoms with van der Waals surface area (Å²) in [5.41, 5.74) is 2.94. The quantitative estimate of drug-likeness (QED) is 0.426. The molecule has 1 amide bonds. The maximum atomic E-state index is 12.1. The van der Waals surface area contributed by atoms with Crippen molar-refractivity contribution >= 4 is 5.91 Å². The highest BCUT2D eigenvalue weighted by atomic mass is 16.7. The second-order valence-corrected chi connectivity index (χ2v) is 8.82. The van der Waals surface area contributed by atoms with E-state index in [0.29, 0.717) is 6.61 Å². The molecule has 1 aliphatic rings. The van der Waals surface area contributed by atoms with E-state index in [1.165, 1.54) is 6.92 Å². The summed E-state index contributed by atoms with van der Waals surface area (Å²) in [4.78, 5) is 12.1. The molecule has 3 aromatic rings. The SMILES string of the molecule is CC(=O)N[C@H]1[C@@H](OCc2ccccc2)O[C@H](COCc2ccccc2)C(O)[C@@H]1OCc1ccccc1. The molecular formula is C29H33NO6. The van der Waals surface area contributed by atoms with E-state index in [4.69, 9.17) is 18.9 Å². The highest BCUT2D eigenvalue weighted by molar-refractivity contribution is 5.73. The number of rotatable bonds is 11. The fraction of sp³-hybridized carbons (Fsp3) is 0.345. The zero-order valence-corrected chi connectivity index (χ0v) is 20.4. The molecule has 0 aliphatic carbocycles. The fourth-order valence-corrected chi connectivity index (χ4v) is 4.17. The molecule has 1 saturated heterocycles. The van der Waals surface area contributed by atoms with Gasteiger partial charge in [0.05, 0.1) is 26.4 Å². The van der Waals surface area contributed by atoms with Crippen molar-refractivity contribution in [2.45, 2.75) is 57.4 Å². The minimum atomic E-state index is -1.04. The van der Waals surface area contributed by atoms with Crippen molar-refractivity contribution in [3.05, 3.63) is 108 Å². The molecule has 36 heavy (non-hydrogen) atoms. The van der Waals surface area contributed by atoms with E-state index in [2.05, 4.69) is 5.32 Å². The van der Waals surface area contributed by atoms with Crippen LogP contribution in [0.2, 0.25) is 0 Å². The summed E-state index contributed by atoms with van der Waals surface area (Å²) in [7, 11) is 0. The predicted octanol–water partition coefficient (Wildman–Crippen LogP) is 3.60. The third-order valence-electron chi connectivity index (χ3n) is 5.98. The molecule has 0 spiro atoms. The summed E-state index contributed by atoms with van der Waals surface area (Å²) in [5.74, 6) is -0.267. The summed E-state index contributed by atoms with van der Waals surface area (Å²) >= 11 is 0. The van der Waals surface area contributed by atoms with Gasteiger partial charge in [0.25, 0.3) is 0 Å². The summed E-state index contributed by atoms with van der Waals surface area (Å²) in [6, 6.07) is 28.5. The molecule has 0 aromatic heterocycles. The number of benzene rings is 3. The number of amides is 1. The van der Waals surface area contributed by atoms with Crippen LogP contribution in [0.5, 0.6) is 0 Å². The highest BCUT2D eigenvalue weighted by Crippen LogP contribution is 2.27. The molecule has 0 radical (unpaired) electrons. The second kappa shape index (κ2) is 13.3. The average Bonchev–Trinajstić information content (AvgIpc) is 2.90. The Kier molecular flexibility index (Phi) is 9.61. The maximum Gasteiger partial charge on any atom is 0.217 e. The van der Waals surface area contributed by atoms with Gasteiger partial charge in [0, 0.05) is 6.92 Å². The van der Waals surface area contributed by atoms with E-state index < -0.39 is 30.6 Å². The lowest BCUT2D eigenvalue weighted by atomic mass is 9.96. The van der Waals surface area contributed by atoms with Crippen LogP contribution in [0.25, 0.3) is 0 Å². The molecule has 0 saturated carbocycles. The largest absolute Gasteiger partial charge is 0.388 e. The van der Waals surface area contributed by atoms with Crippen molar-refractivity contribution in [3.8, 4) is 0 Å². The zero-order valence-electron chi connectivity index (χ0n) is 20.4. The third-order valence-corrected chi connectivity index (χ3v) is 5.98. The van der Waals surface area contributed by atoms with Crippen molar-refractivity contribution < 1.29 is 28.8 Å². The van der Waals surface area contributed by atoms with Gasteiger partial charge in [-0.1, -0.05) is 91.0 Å². The Labute approximate surface area is 212 Å². The second-order valence-electron chi connectivity index (χ2n) is 8.82. The van der Waals surface area contributed by atoms with Crippen molar-refractivity contribution in [1.29, 1.82) is 0 Å². The average molecular weight is 492 g/mol. The van der Waals surface area contributed by atoms with E-state index >= 15 is 0 Å². The minimum Gasteiger partial charge on any atom is -0.388 e. The molecule has 7 nitrogen and oxygen atoms in total. The van der Waals surface area contributed by atoms with Gasteiger partial charge in [-0.2, -0.15) is 0 Å².